The Balaban J connectivity index is 2.25. The predicted octanol–water partition coefficient (Wildman–Crippen LogP) is 3.07. The van der Waals surface area contributed by atoms with Crippen molar-refractivity contribution in [3.05, 3.63) is 88.0 Å². The second-order valence-electron chi connectivity index (χ2n) is 4.48. The molecule has 0 radical (unpaired) electrons. The van der Waals surface area contributed by atoms with Crippen molar-refractivity contribution >= 4 is 11.5 Å². The van der Waals surface area contributed by atoms with Crippen LogP contribution in [0, 0.1) is 10.1 Å². The maximum atomic E-state index is 12.2. The average Bonchev–Trinajstić information content (AvgIpc) is 2.53. The first-order valence-electron chi connectivity index (χ1n) is 6.21. The van der Waals surface area contributed by atoms with Crippen LogP contribution in [-0.4, -0.2) is 15.8 Å². The number of ketones is 1. The number of nitro benzene ring substituents is 1. The Bertz CT molecular complexity index is 694. The molecule has 0 amide bonds. The van der Waals surface area contributed by atoms with Crippen LogP contribution < -0.4 is 0 Å². The number of nitro groups is 1. The van der Waals surface area contributed by atoms with Crippen molar-refractivity contribution in [3.8, 4) is 0 Å². The summed E-state index contributed by atoms with van der Waals surface area (Å²) in [6.45, 7) is 3.61. The molecule has 0 heterocycles. The maximum Gasteiger partial charge on any atom is 0.269 e. The molecule has 0 aliphatic rings. The molecule has 106 valence electrons. The molecule has 0 saturated heterocycles. The number of rotatable bonds is 5. The molecular formula is C16H13NO4. The van der Waals surface area contributed by atoms with Crippen LogP contribution >= 0.6 is 0 Å². The number of hydrogen-bond acceptors (Lipinski definition) is 4. The molecule has 0 aliphatic heterocycles. The van der Waals surface area contributed by atoms with Gasteiger partial charge >= 0.3 is 0 Å². The molecule has 0 bridgehead atoms. The molecular weight excluding hydrogens is 270 g/mol. The van der Waals surface area contributed by atoms with Crippen molar-refractivity contribution < 1.29 is 14.8 Å². The van der Waals surface area contributed by atoms with E-state index in [2.05, 4.69) is 6.58 Å². The fourth-order valence-corrected chi connectivity index (χ4v) is 1.91. The second kappa shape index (κ2) is 6.11. The minimum Gasteiger partial charge on any atom is -0.384 e. The lowest BCUT2D eigenvalue weighted by molar-refractivity contribution is -0.385. The van der Waals surface area contributed by atoms with Gasteiger partial charge in [0, 0.05) is 23.3 Å². The summed E-state index contributed by atoms with van der Waals surface area (Å²) in [4.78, 5) is 22.4. The van der Waals surface area contributed by atoms with Gasteiger partial charge in [0.25, 0.3) is 5.69 Å². The van der Waals surface area contributed by atoms with E-state index in [4.69, 9.17) is 0 Å². The molecule has 0 spiro atoms. The summed E-state index contributed by atoms with van der Waals surface area (Å²) < 4.78 is 0. The smallest absolute Gasteiger partial charge is 0.269 e. The number of hydrogen-bond donors (Lipinski definition) is 1. The number of Topliss-reactive ketones (excluding diaryl/α,β-unsaturated/α-hetero) is 1. The van der Waals surface area contributed by atoms with E-state index in [1.54, 1.807) is 30.3 Å². The molecule has 0 saturated carbocycles. The van der Waals surface area contributed by atoms with E-state index in [-0.39, 0.29) is 16.8 Å². The summed E-state index contributed by atoms with van der Waals surface area (Å²) in [5.74, 6) is -0.394. The first-order valence-corrected chi connectivity index (χ1v) is 6.21. The number of carbonyl (C=O) groups is 1. The molecule has 0 aliphatic carbocycles. The van der Waals surface area contributed by atoms with Crippen molar-refractivity contribution in [2.24, 2.45) is 0 Å². The highest BCUT2D eigenvalue weighted by Crippen LogP contribution is 2.26. The lowest BCUT2D eigenvalue weighted by atomic mass is 9.95. The SMILES string of the molecule is C=C(C(=O)c1ccccc1)C(O)c1cccc([N+](=O)[O-])c1. The molecule has 1 unspecified atom stereocenters. The van der Waals surface area contributed by atoms with Gasteiger partial charge in [0.2, 0.25) is 0 Å². The van der Waals surface area contributed by atoms with Gasteiger partial charge in [-0.15, -0.1) is 0 Å². The van der Waals surface area contributed by atoms with Gasteiger partial charge in [-0.05, 0) is 5.56 Å². The summed E-state index contributed by atoms with van der Waals surface area (Å²) in [6, 6.07) is 13.9. The molecule has 2 rings (SSSR count). The van der Waals surface area contributed by atoms with Gasteiger partial charge in [-0.1, -0.05) is 49.0 Å². The monoisotopic (exact) mass is 283 g/mol. The Morgan fingerprint density at radius 2 is 1.81 bits per heavy atom. The summed E-state index contributed by atoms with van der Waals surface area (Å²) in [7, 11) is 0. The van der Waals surface area contributed by atoms with Crippen LogP contribution in [0.2, 0.25) is 0 Å². The van der Waals surface area contributed by atoms with Gasteiger partial charge in [0.05, 0.1) is 4.92 Å². The summed E-state index contributed by atoms with van der Waals surface area (Å²) in [5.41, 5.74) is 0.499. The highest BCUT2D eigenvalue weighted by atomic mass is 16.6. The van der Waals surface area contributed by atoms with Gasteiger partial charge < -0.3 is 5.11 Å². The van der Waals surface area contributed by atoms with Crippen molar-refractivity contribution in [3.63, 3.8) is 0 Å². The van der Waals surface area contributed by atoms with E-state index in [1.165, 1.54) is 24.3 Å². The molecule has 21 heavy (non-hydrogen) atoms. The third-order valence-electron chi connectivity index (χ3n) is 3.05. The van der Waals surface area contributed by atoms with E-state index in [1.807, 2.05) is 0 Å². The molecule has 2 aromatic rings. The Hall–Kier alpha value is -2.79. The van der Waals surface area contributed by atoms with E-state index in [0.717, 1.165) is 0 Å². The van der Waals surface area contributed by atoms with Crippen molar-refractivity contribution in [2.45, 2.75) is 6.10 Å². The molecule has 1 atom stereocenters. The van der Waals surface area contributed by atoms with Crippen molar-refractivity contribution in [2.75, 3.05) is 0 Å². The molecule has 0 fully saturated rings. The van der Waals surface area contributed by atoms with E-state index in [0.29, 0.717) is 5.56 Å². The Morgan fingerprint density at radius 1 is 1.14 bits per heavy atom. The fourth-order valence-electron chi connectivity index (χ4n) is 1.91. The number of benzene rings is 2. The fraction of sp³-hybridized carbons (Fsp3) is 0.0625. The van der Waals surface area contributed by atoms with Gasteiger partial charge in [0.15, 0.2) is 5.78 Å². The predicted molar refractivity (Wildman–Crippen MR) is 78.0 cm³/mol. The van der Waals surface area contributed by atoms with E-state index < -0.39 is 16.8 Å². The average molecular weight is 283 g/mol. The van der Waals surface area contributed by atoms with Crippen LogP contribution in [-0.2, 0) is 0 Å². The van der Waals surface area contributed by atoms with Crippen LogP contribution in [0.25, 0.3) is 0 Å². The summed E-state index contributed by atoms with van der Waals surface area (Å²) >= 11 is 0. The largest absolute Gasteiger partial charge is 0.384 e. The van der Waals surface area contributed by atoms with Crippen LogP contribution in [0.15, 0.2) is 66.7 Å². The number of aliphatic hydroxyl groups excluding tert-OH is 1. The highest BCUT2D eigenvalue weighted by Gasteiger charge is 2.21. The third-order valence-corrected chi connectivity index (χ3v) is 3.05. The van der Waals surface area contributed by atoms with Gasteiger partial charge in [-0.2, -0.15) is 0 Å². The summed E-state index contributed by atoms with van der Waals surface area (Å²) in [5, 5.41) is 20.9. The van der Waals surface area contributed by atoms with Crippen molar-refractivity contribution in [1.29, 1.82) is 0 Å². The molecule has 0 aromatic heterocycles. The Labute approximate surface area is 121 Å². The van der Waals surface area contributed by atoms with Gasteiger partial charge in [-0.3, -0.25) is 14.9 Å². The zero-order chi connectivity index (χ0) is 15.4. The number of carbonyl (C=O) groups excluding carboxylic acids is 1. The Kier molecular flexibility index (Phi) is 4.25. The lowest BCUT2D eigenvalue weighted by Gasteiger charge is -2.13. The second-order valence-corrected chi connectivity index (χ2v) is 4.48. The van der Waals surface area contributed by atoms with Crippen molar-refractivity contribution in [1.82, 2.24) is 0 Å². The maximum absolute atomic E-state index is 12.2. The quantitative estimate of drug-likeness (QED) is 0.396. The number of aliphatic hydroxyl groups is 1. The summed E-state index contributed by atoms with van der Waals surface area (Å²) in [6.07, 6.45) is -1.28. The van der Waals surface area contributed by atoms with Crippen LogP contribution in [0.1, 0.15) is 22.0 Å². The number of non-ortho nitro benzene ring substituents is 1. The van der Waals surface area contributed by atoms with E-state index in [9.17, 15) is 20.0 Å². The van der Waals surface area contributed by atoms with E-state index >= 15 is 0 Å². The molecule has 5 heteroatoms. The minimum absolute atomic E-state index is 0.0262. The van der Waals surface area contributed by atoms with Crippen LogP contribution in [0.3, 0.4) is 0 Å². The first kappa shape index (κ1) is 14.6. The normalized spacial score (nSPS) is 11.7. The molecule has 2 aromatic carbocycles. The van der Waals surface area contributed by atoms with Gasteiger partial charge in [-0.25, -0.2) is 0 Å². The zero-order valence-corrected chi connectivity index (χ0v) is 11.1. The first-order chi connectivity index (χ1) is 10.0. The van der Waals surface area contributed by atoms with Crippen LogP contribution in [0.4, 0.5) is 5.69 Å². The number of nitrogens with zero attached hydrogens (tertiary/aromatic N) is 1. The minimum atomic E-state index is -1.28. The lowest BCUT2D eigenvalue weighted by Crippen LogP contribution is -2.11. The standard InChI is InChI=1S/C16H13NO4/c1-11(15(18)12-6-3-2-4-7-12)16(19)13-8-5-9-14(10-13)17(20)21/h2-10,16,19H,1H2. The highest BCUT2D eigenvalue weighted by molar-refractivity contribution is 6.08. The zero-order valence-electron chi connectivity index (χ0n) is 11.1. The topological polar surface area (TPSA) is 80.4 Å². The molecule has 5 nitrogen and oxygen atoms in total. The Morgan fingerprint density at radius 3 is 2.43 bits per heavy atom. The third kappa shape index (κ3) is 3.21. The van der Waals surface area contributed by atoms with Crippen LogP contribution in [0.5, 0.6) is 0 Å². The molecule has 1 N–H and O–H groups in total. The van der Waals surface area contributed by atoms with Gasteiger partial charge in [0.1, 0.15) is 6.10 Å².